The molecule has 2 atom stereocenters. The van der Waals surface area contributed by atoms with Crippen molar-refractivity contribution in [2.24, 2.45) is 0 Å². The summed E-state index contributed by atoms with van der Waals surface area (Å²) in [5.74, 6) is 0. The van der Waals surface area contributed by atoms with Gasteiger partial charge in [-0.05, 0) is 30.3 Å². The predicted octanol–water partition coefficient (Wildman–Crippen LogP) is 0.811. The molecular weight excluding hydrogens is 263 g/mol. The fraction of sp³-hybridized carbons (Fsp3) is 0.500. The van der Waals surface area contributed by atoms with Gasteiger partial charge in [-0.25, -0.2) is 0 Å². The van der Waals surface area contributed by atoms with E-state index in [0.717, 1.165) is 18.2 Å². The van der Waals surface area contributed by atoms with Crippen LogP contribution < -0.4 is 5.32 Å². The van der Waals surface area contributed by atoms with Gasteiger partial charge in [0.1, 0.15) is 6.10 Å². The van der Waals surface area contributed by atoms with Gasteiger partial charge in [0.15, 0.2) is 0 Å². The van der Waals surface area contributed by atoms with E-state index in [9.17, 15) is 23.4 Å². The summed E-state index contributed by atoms with van der Waals surface area (Å²) in [5.41, 5.74) is -0.883. The molecule has 1 rings (SSSR count). The number of benzene rings is 1. The molecule has 2 unspecified atom stereocenters. The van der Waals surface area contributed by atoms with Gasteiger partial charge in [0, 0.05) is 6.54 Å². The number of aliphatic hydroxyl groups is 3. The Balaban J connectivity index is 3.09. The molecule has 7 heteroatoms. The van der Waals surface area contributed by atoms with Crippen molar-refractivity contribution in [2.45, 2.75) is 25.0 Å². The van der Waals surface area contributed by atoms with Crippen LogP contribution in [0.2, 0.25) is 0 Å². The molecule has 0 spiro atoms. The number of nitrogens with one attached hydrogen (secondary N) is 1. The van der Waals surface area contributed by atoms with E-state index in [4.69, 9.17) is 5.11 Å². The molecule has 108 valence electrons. The van der Waals surface area contributed by atoms with Gasteiger partial charge < -0.3 is 20.6 Å². The Kier molecular flexibility index (Phi) is 5.30. The van der Waals surface area contributed by atoms with Crippen molar-refractivity contribution >= 4 is 0 Å². The van der Waals surface area contributed by atoms with E-state index in [-0.39, 0.29) is 17.7 Å². The number of likely N-dealkylation sites (N-methyl/N-ethyl adjacent to an activating group) is 1. The molecule has 4 nitrogen and oxygen atoms in total. The maximum absolute atomic E-state index is 12.5. The third kappa shape index (κ3) is 3.90. The van der Waals surface area contributed by atoms with Gasteiger partial charge in [-0.2, -0.15) is 13.2 Å². The molecule has 1 aromatic carbocycles. The maximum Gasteiger partial charge on any atom is 0.416 e. The molecule has 0 aliphatic carbocycles. The van der Waals surface area contributed by atoms with Crippen LogP contribution in [0.1, 0.15) is 22.8 Å². The number of halogens is 3. The zero-order chi connectivity index (χ0) is 14.6. The zero-order valence-electron chi connectivity index (χ0n) is 10.3. The van der Waals surface area contributed by atoms with E-state index >= 15 is 0 Å². The Bertz CT molecular complexity index is 423. The van der Waals surface area contributed by atoms with Crippen LogP contribution in [-0.4, -0.2) is 35.0 Å². The smallest absolute Gasteiger partial charge is 0.392 e. The first-order chi connectivity index (χ1) is 8.81. The minimum atomic E-state index is -4.52. The summed E-state index contributed by atoms with van der Waals surface area (Å²) in [6.07, 6.45) is -7.05. The first kappa shape index (κ1) is 15.9. The average Bonchev–Trinajstić information content (AvgIpc) is 2.36. The van der Waals surface area contributed by atoms with Gasteiger partial charge >= 0.3 is 6.18 Å². The number of hydrogen-bond acceptors (Lipinski definition) is 4. The highest BCUT2D eigenvalue weighted by molar-refractivity contribution is 5.35. The molecule has 0 radical (unpaired) electrons. The second kappa shape index (κ2) is 6.33. The van der Waals surface area contributed by atoms with Crippen LogP contribution in [0.4, 0.5) is 13.2 Å². The Morgan fingerprint density at radius 1 is 1.26 bits per heavy atom. The molecule has 0 aliphatic heterocycles. The van der Waals surface area contributed by atoms with Crippen molar-refractivity contribution in [3.05, 3.63) is 34.9 Å². The first-order valence-electron chi connectivity index (χ1n) is 5.62. The van der Waals surface area contributed by atoms with Gasteiger partial charge in [-0.3, -0.25) is 0 Å². The largest absolute Gasteiger partial charge is 0.416 e. The zero-order valence-corrected chi connectivity index (χ0v) is 10.3. The van der Waals surface area contributed by atoms with Gasteiger partial charge in [-0.1, -0.05) is 6.07 Å². The first-order valence-corrected chi connectivity index (χ1v) is 5.62. The lowest BCUT2D eigenvalue weighted by Crippen LogP contribution is -2.30. The highest BCUT2D eigenvalue weighted by Crippen LogP contribution is 2.32. The molecule has 4 N–H and O–H groups in total. The molecule has 19 heavy (non-hydrogen) atoms. The molecule has 0 heterocycles. The van der Waals surface area contributed by atoms with Crippen molar-refractivity contribution in [1.29, 1.82) is 0 Å². The van der Waals surface area contributed by atoms with Crippen LogP contribution >= 0.6 is 0 Å². The monoisotopic (exact) mass is 279 g/mol. The van der Waals surface area contributed by atoms with E-state index < -0.39 is 30.6 Å². The quantitative estimate of drug-likeness (QED) is 0.643. The summed E-state index contributed by atoms with van der Waals surface area (Å²) in [6.45, 7) is -0.574. The summed E-state index contributed by atoms with van der Waals surface area (Å²) in [6, 6.07) is 2.65. The Morgan fingerprint density at radius 2 is 1.89 bits per heavy atom. The van der Waals surface area contributed by atoms with Crippen molar-refractivity contribution in [3.63, 3.8) is 0 Å². The fourth-order valence-electron chi connectivity index (χ4n) is 1.74. The van der Waals surface area contributed by atoms with Crippen LogP contribution in [0, 0.1) is 0 Å². The van der Waals surface area contributed by atoms with E-state index in [2.05, 4.69) is 5.32 Å². The standard InChI is InChI=1S/C12H16F3NO3/c1-16-5-10(18)11(19)9-3-2-8(12(13,14)15)4-7(9)6-17/h2-4,10-11,16-19H,5-6H2,1H3. The topological polar surface area (TPSA) is 72.7 Å². The predicted molar refractivity (Wildman–Crippen MR) is 62.3 cm³/mol. The number of alkyl halides is 3. The second-order valence-electron chi connectivity index (χ2n) is 4.14. The molecular formula is C12H16F3NO3. The Morgan fingerprint density at radius 3 is 2.37 bits per heavy atom. The minimum absolute atomic E-state index is 0.0579. The van der Waals surface area contributed by atoms with Gasteiger partial charge in [0.25, 0.3) is 0 Å². The van der Waals surface area contributed by atoms with Crippen LogP contribution in [0.3, 0.4) is 0 Å². The summed E-state index contributed by atoms with van der Waals surface area (Å²) in [5, 5.41) is 31.2. The lowest BCUT2D eigenvalue weighted by atomic mass is 9.96. The van der Waals surface area contributed by atoms with E-state index in [1.165, 1.54) is 0 Å². The van der Waals surface area contributed by atoms with Gasteiger partial charge in [0.05, 0.1) is 18.3 Å². The van der Waals surface area contributed by atoms with E-state index in [1.54, 1.807) is 7.05 Å². The number of rotatable bonds is 5. The van der Waals surface area contributed by atoms with E-state index in [0.29, 0.717) is 0 Å². The van der Waals surface area contributed by atoms with Gasteiger partial charge in [-0.15, -0.1) is 0 Å². The molecule has 0 fully saturated rings. The molecule has 0 saturated heterocycles. The normalized spacial score (nSPS) is 15.3. The highest BCUT2D eigenvalue weighted by atomic mass is 19.4. The molecule has 0 bridgehead atoms. The molecule has 1 aromatic rings. The van der Waals surface area contributed by atoms with Crippen LogP contribution in [0.25, 0.3) is 0 Å². The number of aliphatic hydroxyl groups excluding tert-OH is 3. The van der Waals surface area contributed by atoms with Crippen molar-refractivity contribution in [1.82, 2.24) is 5.32 Å². The minimum Gasteiger partial charge on any atom is -0.392 e. The summed E-state index contributed by atoms with van der Waals surface area (Å²) in [7, 11) is 1.57. The molecule has 0 aliphatic rings. The number of hydrogen-bond donors (Lipinski definition) is 4. The van der Waals surface area contributed by atoms with Crippen LogP contribution in [-0.2, 0) is 12.8 Å². The van der Waals surface area contributed by atoms with Crippen molar-refractivity contribution in [2.75, 3.05) is 13.6 Å². The van der Waals surface area contributed by atoms with E-state index in [1.807, 2.05) is 0 Å². The van der Waals surface area contributed by atoms with Crippen molar-refractivity contribution < 1.29 is 28.5 Å². The third-order valence-corrected chi connectivity index (χ3v) is 2.74. The average molecular weight is 279 g/mol. The summed E-state index contributed by atoms with van der Waals surface area (Å²) in [4.78, 5) is 0. The lowest BCUT2D eigenvalue weighted by molar-refractivity contribution is -0.137. The summed E-state index contributed by atoms with van der Waals surface area (Å²) < 4.78 is 37.5. The SMILES string of the molecule is CNCC(O)C(O)c1ccc(C(F)(F)F)cc1CO. The molecule has 0 saturated carbocycles. The maximum atomic E-state index is 12.5. The van der Waals surface area contributed by atoms with Gasteiger partial charge in [0.2, 0.25) is 0 Å². The lowest BCUT2D eigenvalue weighted by Gasteiger charge is -2.21. The summed E-state index contributed by atoms with van der Waals surface area (Å²) >= 11 is 0. The third-order valence-electron chi connectivity index (χ3n) is 2.74. The van der Waals surface area contributed by atoms with Crippen molar-refractivity contribution in [3.8, 4) is 0 Å². The van der Waals surface area contributed by atoms with Crippen LogP contribution in [0.5, 0.6) is 0 Å². The fourth-order valence-corrected chi connectivity index (χ4v) is 1.74. The Hall–Kier alpha value is -1.15. The highest BCUT2D eigenvalue weighted by Gasteiger charge is 2.32. The van der Waals surface area contributed by atoms with Crippen LogP contribution in [0.15, 0.2) is 18.2 Å². The second-order valence-corrected chi connectivity index (χ2v) is 4.14. The Labute approximate surface area is 108 Å². The molecule has 0 aromatic heterocycles. The molecule has 0 amide bonds.